The minimum atomic E-state index is -1.92. The van der Waals surface area contributed by atoms with Gasteiger partial charge in [0.2, 0.25) is 11.5 Å². The molecule has 0 aliphatic rings. The Labute approximate surface area is 264 Å². The molecule has 1 rings (SSSR count). The van der Waals surface area contributed by atoms with Crippen LogP contribution in [0, 0.1) is 0 Å². The first-order valence-corrected chi connectivity index (χ1v) is 18.0. The second-order valence-electron chi connectivity index (χ2n) is 12.6. The lowest BCUT2D eigenvalue weighted by Gasteiger charge is -2.26. The molecule has 248 valence electrons. The number of unbranched alkanes of at least 4 members (excludes halogenated alkanes) is 21. The largest absolute Gasteiger partial charge is 0.450 e. The molecule has 0 fully saturated rings. The molecular weight excluding hydrogens is 536 g/mol. The molecule has 0 heterocycles. The van der Waals surface area contributed by atoms with Crippen LogP contribution in [-0.2, 0) is 16.0 Å². The van der Waals surface area contributed by atoms with Gasteiger partial charge in [-0.2, -0.15) is 0 Å². The van der Waals surface area contributed by atoms with Gasteiger partial charge in [-0.05, 0) is 43.5 Å². The summed E-state index contributed by atoms with van der Waals surface area (Å²) in [6.45, 7) is 7.52. The molecule has 2 N–H and O–H groups in total. The summed E-state index contributed by atoms with van der Waals surface area (Å²) in [6, 6.07) is 7.66. The van der Waals surface area contributed by atoms with E-state index < -0.39 is 18.4 Å². The number of rotatable bonds is 30. The number of esters is 1. The lowest BCUT2D eigenvalue weighted by molar-refractivity contribution is -0.224. The average Bonchev–Trinajstić information content (AvgIpc) is 3.01. The molecule has 0 aliphatic heterocycles. The van der Waals surface area contributed by atoms with E-state index in [1.807, 2.05) is 24.3 Å². The maximum Gasteiger partial charge on any atom is 0.376 e. The Kier molecular flexibility index (Phi) is 24.2. The lowest BCUT2D eigenvalue weighted by Crippen LogP contribution is -2.39. The summed E-state index contributed by atoms with van der Waals surface area (Å²) < 4.78 is 10.8. The minimum absolute atomic E-state index is 0.189. The first-order valence-electron chi connectivity index (χ1n) is 18.0. The Bertz CT molecular complexity index is 805. The number of aliphatic hydroxyl groups is 2. The number of aliphatic hydroxyl groups excluding tert-OH is 1. The molecule has 43 heavy (non-hydrogen) atoms. The van der Waals surface area contributed by atoms with Crippen LogP contribution in [0.3, 0.4) is 0 Å². The van der Waals surface area contributed by atoms with Crippen molar-refractivity contribution in [3.8, 4) is 5.75 Å². The first kappa shape index (κ1) is 39.2. The van der Waals surface area contributed by atoms with Crippen LogP contribution >= 0.6 is 0 Å². The maximum absolute atomic E-state index is 12.5. The van der Waals surface area contributed by atoms with Gasteiger partial charge in [0, 0.05) is 6.42 Å². The van der Waals surface area contributed by atoms with E-state index in [0.29, 0.717) is 12.2 Å². The Morgan fingerprint density at radius 2 is 1.05 bits per heavy atom. The second-order valence-corrected chi connectivity index (χ2v) is 12.6. The predicted octanol–water partition coefficient (Wildman–Crippen LogP) is 10.7. The molecule has 1 atom stereocenters. The third-order valence-corrected chi connectivity index (χ3v) is 8.41. The molecule has 0 radical (unpaired) electrons. The van der Waals surface area contributed by atoms with E-state index in [-0.39, 0.29) is 12.2 Å². The Morgan fingerprint density at radius 3 is 1.47 bits per heavy atom. The first-order chi connectivity index (χ1) is 20.9. The van der Waals surface area contributed by atoms with Crippen LogP contribution in [0.2, 0.25) is 0 Å². The number of ether oxygens (including phenoxy) is 2. The van der Waals surface area contributed by atoms with Crippen LogP contribution in [0.25, 0.3) is 0 Å². The molecule has 1 aromatic rings. The zero-order valence-corrected chi connectivity index (χ0v) is 28.0. The molecular formula is C38H66O5. The van der Waals surface area contributed by atoms with Gasteiger partial charge in [0.15, 0.2) is 0 Å². The van der Waals surface area contributed by atoms with Crippen molar-refractivity contribution in [2.24, 2.45) is 0 Å². The number of carbonyl (C=O) groups excluding carboxylic acids is 1. The van der Waals surface area contributed by atoms with Crippen LogP contribution < -0.4 is 4.74 Å². The number of carbonyl (C=O) groups is 1. The van der Waals surface area contributed by atoms with Crippen molar-refractivity contribution < 1.29 is 24.5 Å². The average molecular weight is 603 g/mol. The van der Waals surface area contributed by atoms with Gasteiger partial charge in [0.25, 0.3) is 0 Å². The van der Waals surface area contributed by atoms with Gasteiger partial charge >= 0.3 is 5.97 Å². The van der Waals surface area contributed by atoms with Crippen molar-refractivity contribution in [2.45, 2.75) is 180 Å². The summed E-state index contributed by atoms with van der Waals surface area (Å²) in [5.41, 5.74) is 1.24. The third-order valence-electron chi connectivity index (χ3n) is 8.41. The molecule has 0 saturated carbocycles. The van der Waals surface area contributed by atoms with Crippen molar-refractivity contribution in [3.63, 3.8) is 0 Å². The van der Waals surface area contributed by atoms with E-state index in [1.165, 1.54) is 134 Å². The SMILES string of the molecule is C=C(Oc1ccc(CCCCCCCCC)cc1)C(=O)OC(O)(CO)CCCCCCCCCCCCCCCCCC. The van der Waals surface area contributed by atoms with Crippen LogP contribution in [0.5, 0.6) is 5.75 Å². The van der Waals surface area contributed by atoms with Crippen LogP contribution in [0.15, 0.2) is 36.6 Å². The molecule has 1 aromatic carbocycles. The van der Waals surface area contributed by atoms with Crippen LogP contribution in [0.1, 0.15) is 174 Å². The smallest absolute Gasteiger partial charge is 0.376 e. The summed E-state index contributed by atoms with van der Waals surface area (Å²) in [5.74, 6) is -2.49. The number of hydrogen-bond donors (Lipinski definition) is 2. The van der Waals surface area contributed by atoms with Gasteiger partial charge in [-0.1, -0.05) is 161 Å². The summed E-state index contributed by atoms with van der Waals surface area (Å²) in [4.78, 5) is 12.5. The van der Waals surface area contributed by atoms with E-state index in [1.54, 1.807) is 0 Å². The highest BCUT2D eigenvalue weighted by molar-refractivity contribution is 5.86. The fraction of sp³-hybridized carbons (Fsp3) is 0.763. The molecule has 0 amide bonds. The van der Waals surface area contributed by atoms with Crippen molar-refractivity contribution >= 4 is 5.97 Å². The molecule has 0 bridgehead atoms. The van der Waals surface area contributed by atoms with Gasteiger partial charge in [0.05, 0.1) is 0 Å². The van der Waals surface area contributed by atoms with E-state index >= 15 is 0 Å². The monoisotopic (exact) mass is 602 g/mol. The van der Waals surface area contributed by atoms with Crippen molar-refractivity contribution in [1.82, 2.24) is 0 Å². The lowest BCUT2D eigenvalue weighted by atomic mass is 10.0. The standard InChI is InChI=1S/C38H66O5/c1-4-6-8-10-12-13-14-15-16-17-18-19-20-22-24-26-32-38(41,33-39)43-37(40)34(3)42-36-30-28-35(29-31-36)27-25-23-21-11-9-7-5-2/h28-31,39,41H,3-27,32-33H2,1-2H3. The Hall–Kier alpha value is -1.85. The Morgan fingerprint density at radius 1 is 0.651 bits per heavy atom. The number of benzene rings is 1. The van der Waals surface area contributed by atoms with E-state index in [2.05, 4.69) is 20.4 Å². The quantitative estimate of drug-likeness (QED) is 0.0301. The fourth-order valence-electron chi connectivity index (χ4n) is 5.54. The number of hydrogen-bond acceptors (Lipinski definition) is 5. The van der Waals surface area contributed by atoms with E-state index in [9.17, 15) is 15.0 Å². The van der Waals surface area contributed by atoms with Crippen molar-refractivity contribution in [3.05, 3.63) is 42.2 Å². The molecule has 0 spiro atoms. The topological polar surface area (TPSA) is 76.0 Å². The van der Waals surface area contributed by atoms with Crippen LogP contribution in [-0.4, -0.2) is 28.6 Å². The molecule has 0 saturated heterocycles. The highest BCUT2D eigenvalue weighted by atomic mass is 16.7. The predicted molar refractivity (Wildman–Crippen MR) is 180 cm³/mol. The summed E-state index contributed by atoms with van der Waals surface area (Å²) >= 11 is 0. The normalized spacial score (nSPS) is 12.7. The van der Waals surface area contributed by atoms with Crippen molar-refractivity contribution in [1.29, 1.82) is 0 Å². The molecule has 5 heteroatoms. The summed E-state index contributed by atoms with van der Waals surface area (Å²) in [6.07, 6.45) is 30.4. The molecule has 0 aliphatic carbocycles. The van der Waals surface area contributed by atoms with Crippen LogP contribution in [0.4, 0.5) is 0 Å². The van der Waals surface area contributed by atoms with Gasteiger partial charge < -0.3 is 19.7 Å². The molecule has 1 unspecified atom stereocenters. The van der Waals surface area contributed by atoms with Gasteiger partial charge in [-0.3, -0.25) is 0 Å². The number of aryl methyl sites for hydroxylation is 1. The summed E-state index contributed by atoms with van der Waals surface area (Å²) in [5, 5.41) is 20.3. The van der Waals surface area contributed by atoms with Gasteiger partial charge in [-0.25, -0.2) is 4.79 Å². The van der Waals surface area contributed by atoms with E-state index in [0.717, 1.165) is 19.3 Å². The third kappa shape index (κ3) is 21.5. The highest BCUT2D eigenvalue weighted by Crippen LogP contribution is 2.22. The Balaban J connectivity index is 2.13. The highest BCUT2D eigenvalue weighted by Gasteiger charge is 2.31. The maximum atomic E-state index is 12.5. The minimum Gasteiger partial charge on any atom is -0.450 e. The van der Waals surface area contributed by atoms with Gasteiger partial charge in [0.1, 0.15) is 12.4 Å². The zero-order valence-electron chi connectivity index (χ0n) is 28.0. The van der Waals surface area contributed by atoms with E-state index in [4.69, 9.17) is 9.47 Å². The summed E-state index contributed by atoms with van der Waals surface area (Å²) in [7, 11) is 0. The second kappa shape index (κ2) is 26.5. The fourth-order valence-corrected chi connectivity index (χ4v) is 5.54. The van der Waals surface area contributed by atoms with Gasteiger partial charge in [-0.15, -0.1) is 0 Å². The van der Waals surface area contributed by atoms with Crippen molar-refractivity contribution in [2.75, 3.05) is 6.61 Å². The zero-order chi connectivity index (χ0) is 31.4. The molecule has 5 nitrogen and oxygen atoms in total. The molecule has 0 aromatic heterocycles.